The number of carboxylic acid groups (broad SMARTS) is 1. The molecule has 0 bridgehead atoms. The fourth-order valence-corrected chi connectivity index (χ4v) is 2.77. The third-order valence-electron chi connectivity index (χ3n) is 3.52. The number of hydrogen-bond acceptors (Lipinski definition) is 3. The fraction of sp³-hybridized carbons (Fsp3) is 0.923. The van der Waals surface area contributed by atoms with Crippen LogP contribution in [0.1, 0.15) is 39.5 Å². The fourth-order valence-electron chi connectivity index (χ4n) is 2.77. The van der Waals surface area contributed by atoms with E-state index in [1.807, 2.05) is 14.1 Å². The van der Waals surface area contributed by atoms with Crippen molar-refractivity contribution in [1.82, 2.24) is 10.2 Å². The topological polar surface area (TPSA) is 52.6 Å². The third-order valence-corrected chi connectivity index (χ3v) is 3.52. The SMILES string of the molecule is CN(C)CC(C)(C)CNC1(C(=O)O)CCCC1. The molecule has 4 nitrogen and oxygen atoms in total. The van der Waals surface area contributed by atoms with Crippen LogP contribution in [-0.4, -0.2) is 48.7 Å². The minimum Gasteiger partial charge on any atom is -0.480 e. The van der Waals surface area contributed by atoms with Crippen molar-refractivity contribution in [3.8, 4) is 0 Å². The lowest BCUT2D eigenvalue weighted by Gasteiger charge is -2.33. The molecule has 100 valence electrons. The minimum atomic E-state index is -0.685. The Bertz CT molecular complexity index is 269. The first-order chi connectivity index (χ1) is 7.77. The van der Waals surface area contributed by atoms with E-state index in [9.17, 15) is 9.90 Å². The zero-order valence-corrected chi connectivity index (χ0v) is 11.5. The summed E-state index contributed by atoms with van der Waals surface area (Å²) in [6.45, 7) is 6.04. The summed E-state index contributed by atoms with van der Waals surface area (Å²) in [7, 11) is 4.09. The van der Waals surface area contributed by atoms with Gasteiger partial charge >= 0.3 is 5.97 Å². The number of nitrogens with zero attached hydrogens (tertiary/aromatic N) is 1. The van der Waals surface area contributed by atoms with Crippen molar-refractivity contribution in [3.05, 3.63) is 0 Å². The molecule has 0 heterocycles. The van der Waals surface area contributed by atoms with Crippen LogP contribution in [0.15, 0.2) is 0 Å². The Balaban J connectivity index is 2.55. The van der Waals surface area contributed by atoms with E-state index in [1.54, 1.807) is 0 Å². The zero-order chi connectivity index (χ0) is 13.1. The van der Waals surface area contributed by atoms with Gasteiger partial charge < -0.3 is 15.3 Å². The minimum absolute atomic E-state index is 0.0918. The van der Waals surface area contributed by atoms with Gasteiger partial charge in [0.25, 0.3) is 0 Å². The molecule has 1 aliphatic carbocycles. The molecule has 0 unspecified atom stereocenters. The number of hydrogen-bond donors (Lipinski definition) is 2. The highest BCUT2D eigenvalue weighted by Crippen LogP contribution is 2.31. The average Bonchev–Trinajstić information content (AvgIpc) is 2.62. The number of carboxylic acids is 1. The van der Waals surface area contributed by atoms with Gasteiger partial charge in [-0.05, 0) is 32.4 Å². The maximum Gasteiger partial charge on any atom is 0.323 e. The molecule has 0 amide bonds. The predicted octanol–water partition coefficient (Wildman–Crippen LogP) is 1.56. The van der Waals surface area contributed by atoms with Crippen LogP contribution in [0.5, 0.6) is 0 Å². The summed E-state index contributed by atoms with van der Waals surface area (Å²) < 4.78 is 0. The number of rotatable bonds is 6. The second-order valence-corrected chi connectivity index (χ2v) is 6.35. The molecule has 0 aromatic carbocycles. The van der Waals surface area contributed by atoms with Crippen molar-refractivity contribution in [2.24, 2.45) is 5.41 Å². The monoisotopic (exact) mass is 242 g/mol. The Morgan fingerprint density at radius 1 is 1.35 bits per heavy atom. The van der Waals surface area contributed by atoms with Crippen LogP contribution in [0.25, 0.3) is 0 Å². The molecule has 17 heavy (non-hydrogen) atoms. The van der Waals surface area contributed by atoms with E-state index < -0.39 is 11.5 Å². The summed E-state index contributed by atoms with van der Waals surface area (Å²) in [5.41, 5.74) is -0.571. The van der Waals surface area contributed by atoms with Crippen LogP contribution in [0.4, 0.5) is 0 Å². The quantitative estimate of drug-likeness (QED) is 0.742. The summed E-state index contributed by atoms with van der Waals surface area (Å²) in [5, 5.41) is 12.7. The summed E-state index contributed by atoms with van der Waals surface area (Å²) in [4.78, 5) is 13.5. The molecule has 0 aromatic rings. The van der Waals surface area contributed by atoms with Gasteiger partial charge in [0.05, 0.1) is 0 Å². The van der Waals surface area contributed by atoms with Crippen LogP contribution in [0, 0.1) is 5.41 Å². The number of nitrogens with one attached hydrogen (secondary N) is 1. The van der Waals surface area contributed by atoms with Gasteiger partial charge in [0.2, 0.25) is 0 Å². The summed E-state index contributed by atoms with van der Waals surface area (Å²) in [6.07, 6.45) is 3.57. The molecule has 1 rings (SSSR count). The van der Waals surface area contributed by atoms with E-state index >= 15 is 0 Å². The van der Waals surface area contributed by atoms with Crippen molar-refractivity contribution >= 4 is 5.97 Å². The molecule has 0 spiro atoms. The zero-order valence-electron chi connectivity index (χ0n) is 11.5. The second kappa shape index (κ2) is 5.36. The van der Waals surface area contributed by atoms with Crippen LogP contribution < -0.4 is 5.32 Å². The molecule has 1 aliphatic rings. The van der Waals surface area contributed by atoms with Gasteiger partial charge in [-0.2, -0.15) is 0 Å². The highest BCUT2D eigenvalue weighted by atomic mass is 16.4. The van der Waals surface area contributed by atoms with Gasteiger partial charge in [-0.3, -0.25) is 4.79 Å². The van der Waals surface area contributed by atoms with E-state index in [0.29, 0.717) is 0 Å². The smallest absolute Gasteiger partial charge is 0.323 e. The Morgan fingerprint density at radius 2 is 1.88 bits per heavy atom. The van der Waals surface area contributed by atoms with E-state index in [4.69, 9.17) is 0 Å². The van der Waals surface area contributed by atoms with E-state index in [1.165, 1.54) is 0 Å². The molecule has 2 N–H and O–H groups in total. The van der Waals surface area contributed by atoms with Gasteiger partial charge in [0.1, 0.15) is 5.54 Å². The molecular weight excluding hydrogens is 216 g/mol. The van der Waals surface area contributed by atoms with Crippen LogP contribution in [0.2, 0.25) is 0 Å². The van der Waals surface area contributed by atoms with Crippen LogP contribution in [0.3, 0.4) is 0 Å². The molecular formula is C13H26N2O2. The molecule has 1 saturated carbocycles. The molecule has 1 fully saturated rings. The molecule has 0 aliphatic heterocycles. The van der Waals surface area contributed by atoms with Crippen molar-refractivity contribution in [2.45, 2.75) is 45.1 Å². The molecule has 4 heteroatoms. The van der Waals surface area contributed by atoms with Crippen molar-refractivity contribution in [3.63, 3.8) is 0 Å². The Kier molecular flexibility index (Phi) is 4.55. The lowest BCUT2D eigenvalue weighted by atomic mass is 9.89. The van der Waals surface area contributed by atoms with Crippen molar-refractivity contribution in [1.29, 1.82) is 0 Å². The number of aliphatic carboxylic acids is 1. The Labute approximate surface area is 104 Å². The Hall–Kier alpha value is -0.610. The van der Waals surface area contributed by atoms with Gasteiger partial charge in [-0.1, -0.05) is 26.7 Å². The Morgan fingerprint density at radius 3 is 2.29 bits per heavy atom. The van der Waals surface area contributed by atoms with Crippen molar-refractivity contribution in [2.75, 3.05) is 27.2 Å². The van der Waals surface area contributed by atoms with Gasteiger partial charge in [0, 0.05) is 13.1 Å². The average molecular weight is 242 g/mol. The molecule has 0 atom stereocenters. The lowest BCUT2D eigenvalue weighted by Crippen LogP contribution is -2.53. The first-order valence-electron chi connectivity index (χ1n) is 6.41. The van der Waals surface area contributed by atoms with Crippen molar-refractivity contribution < 1.29 is 9.90 Å². The standard InChI is InChI=1S/C13H26N2O2/c1-12(2,10-15(3)4)9-14-13(11(16)17)7-5-6-8-13/h14H,5-10H2,1-4H3,(H,16,17). The summed E-state index contributed by atoms with van der Waals surface area (Å²) >= 11 is 0. The van der Waals surface area contributed by atoms with Crippen LogP contribution in [-0.2, 0) is 4.79 Å². The van der Waals surface area contributed by atoms with E-state index in [-0.39, 0.29) is 5.41 Å². The maximum absolute atomic E-state index is 11.4. The van der Waals surface area contributed by atoms with Crippen LogP contribution >= 0.6 is 0 Å². The number of carbonyl (C=O) groups is 1. The third kappa shape index (κ3) is 3.96. The van der Waals surface area contributed by atoms with Gasteiger partial charge in [-0.25, -0.2) is 0 Å². The highest BCUT2D eigenvalue weighted by Gasteiger charge is 2.41. The summed E-state index contributed by atoms with van der Waals surface area (Å²) in [5.74, 6) is -0.685. The lowest BCUT2D eigenvalue weighted by molar-refractivity contribution is -0.144. The first kappa shape index (κ1) is 14.5. The predicted molar refractivity (Wildman–Crippen MR) is 69.2 cm³/mol. The normalized spacial score (nSPS) is 19.8. The molecule has 0 aromatic heterocycles. The second-order valence-electron chi connectivity index (χ2n) is 6.35. The summed E-state index contributed by atoms with van der Waals surface area (Å²) in [6, 6.07) is 0. The first-order valence-corrected chi connectivity index (χ1v) is 6.41. The molecule has 0 radical (unpaired) electrons. The van der Waals surface area contributed by atoms with E-state index in [0.717, 1.165) is 38.8 Å². The molecule has 0 saturated heterocycles. The van der Waals surface area contributed by atoms with Gasteiger partial charge in [0.15, 0.2) is 0 Å². The van der Waals surface area contributed by atoms with E-state index in [2.05, 4.69) is 24.1 Å². The maximum atomic E-state index is 11.4. The largest absolute Gasteiger partial charge is 0.480 e. The highest BCUT2D eigenvalue weighted by molar-refractivity contribution is 5.79. The van der Waals surface area contributed by atoms with Gasteiger partial charge in [-0.15, -0.1) is 0 Å².